The zero-order chi connectivity index (χ0) is 17.4. The van der Waals surface area contributed by atoms with Gasteiger partial charge < -0.3 is 5.32 Å². The number of nitrogens with zero attached hydrogens (tertiary/aromatic N) is 1. The molecule has 0 heterocycles. The second-order valence-electron chi connectivity index (χ2n) is 5.11. The number of hydrogen-bond acceptors (Lipinski definition) is 3. The van der Waals surface area contributed by atoms with Gasteiger partial charge in [-0.2, -0.15) is 5.10 Å². The number of nitrogens with one attached hydrogen (secondary N) is 2. The second-order valence-corrected chi connectivity index (χ2v) is 6.03. The summed E-state index contributed by atoms with van der Waals surface area (Å²) in [6.07, 6.45) is 0.162. The van der Waals surface area contributed by atoms with Crippen molar-refractivity contribution in [3.05, 3.63) is 70.2 Å². The summed E-state index contributed by atoms with van der Waals surface area (Å²) in [5.41, 5.74) is 4.71. The van der Waals surface area contributed by atoms with E-state index >= 15 is 0 Å². The second kappa shape index (κ2) is 8.98. The predicted molar refractivity (Wildman–Crippen MR) is 97.9 cm³/mol. The van der Waals surface area contributed by atoms with Crippen LogP contribution >= 0.6 is 15.9 Å². The molecule has 0 saturated heterocycles. The lowest BCUT2D eigenvalue weighted by Gasteiger charge is -2.05. The van der Waals surface area contributed by atoms with Gasteiger partial charge in [-0.1, -0.05) is 46.3 Å². The van der Waals surface area contributed by atoms with Crippen LogP contribution in [0.1, 0.15) is 29.3 Å². The number of halogens is 1. The third kappa shape index (κ3) is 5.62. The molecule has 0 aliphatic carbocycles. The van der Waals surface area contributed by atoms with Crippen LogP contribution < -0.4 is 10.7 Å². The smallest absolute Gasteiger partial charge is 0.251 e. The molecular weight excluding hydrogens is 370 g/mol. The van der Waals surface area contributed by atoms with Crippen LogP contribution in [0.3, 0.4) is 0 Å². The molecule has 0 saturated carbocycles. The molecule has 0 atom stereocenters. The van der Waals surface area contributed by atoms with Gasteiger partial charge in [-0.15, -0.1) is 0 Å². The minimum Gasteiger partial charge on any atom is -0.352 e. The lowest BCUT2D eigenvalue weighted by molar-refractivity contribution is -0.120. The average molecular weight is 388 g/mol. The van der Waals surface area contributed by atoms with Gasteiger partial charge in [-0.05, 0) is 36.8 Å². The summed E-state index contributed by atoms with van der Waals surface area (Å²) < 4.78 is 0.984. The Morgan fingerprint density at radius 2 is 1.67 bits per heavy atom. The molecule has 0 fully saturated rings. The number of hydrogen-bond donors (Lipinski definition) is 2. The highest BCUT2D eigenvalue weighted by molar-refractivity contribution is 9.10. The molecule has 2 aromatic rings. The van der Waals surface area contributed by atoms with E-state index in [2.05, 4.69) is 31.8 Å². The van der Waals surface area contributed by atoms with Crippen LogP contribution in [0.5, 0.6) is 0 Å². The van der Waals surface area contributed by atoms with Crippen molar-refractivity contribution < 1.29 is 9.59 Å². The first-order valence-electron chi connectivity index (χ1n) is 7.48. The minimum atomic E-state index is -0.250. The lowest BCUT2D eigenvalue weighted by atomic mass is 10.1. The Labute approximate surface area is 149 Å². The summed E-state index contributed by atoms with van der Waals surface area (Å²) in [5.74, 6) is -0.447. The van der Waals surface area contributed by atoms with E-state index in [1.54, 1.807) is 24.3 Å². The van der Waals surface area contributed by atoms with E-state index in [4.69, 9.17) is 0 Å². The molecule has 0 spiro atoms. The molecule has 124 valence electrons. The van der Waals surface area contributed by atoms with Gasteiger partial charge in [0.2, 0.25) is 5.91 Å². The Balaban J connectivity index is 1.76. The highest BCUT2D eigenvalue weighted by Gasteiger charge is 2.06. The van der Waals surface area contributed by atoms with Crippen molar-refractivity contribution in [3.8, 4) is 0 Å². The SMILES string of the molecule is C/C(=N/NC(=O)CCNC(=O)c1ccccc1)c1ccc(Br)cc1. The molecule has 0 unspecified atom stereocenters. The van der Waals surface area contributed by atoms with Crippen LogP contribution in [-0.2, 0) is 4.79 Å². The van der Waals surface area contributed by atoms with E-state index in [1.807, 2.05) is 37.3 Å². The van der Waals surface area contributed by atoms with Gasteiger partial charge in [0.25, 0.3) is 5.91 Å². The molecule has 0 aliphatic rings. The predicted octanol–water partition coefficient (Wildman–Crippen LogP) is 3.11. The molecule has 0 radical (unpaired) electrons. The van der Waals surface area contributed by atoms with E-state index < -0.39 is 0 Å². The van der Waals surface area contributed by atoms with Crippen molar-refractivity contribution in [2.24, 2.45) is 5.10 Å². The van der Waals surface area contributed by atoms with Crippen LogP contribution in [0.2, 0.25) is 0 Å². The Morgan fingerprint density at radius 1 is 1.00 bits per heavy atom. The molecule has 0 aromatic heterocycles. The fraction of sp³-hybridized carbons (Fsp3) is 0.167. The molecule has 0 aliphatic heterocycles. The quantitative estimate of drug-likeness (QED) is 0.590. The Morgan fingerprint density at radius 3 is 2.33 bits per heavy atom. The van der Waals surface area contributed by atoms with Gasteiger partial charge in [0.1, 0.15) is 0 Å². The Hall–Kier alpha value is -2.47. The number of carbonyl (C=O) groups is 2. The molecular formula is C18H18BrN3O2. The van der Waals surface area contributed by atoms with Crippen LogP contribution in [0.25, 0.3) is 0 Å². The number of carbonyl (C=O) groups excluding carboxylic acids is 2. The van der Waals surface area contributed by atoms with E-state index in [-0.39, 0.29) is 24.8 Å². The molecule has 6 heteroatoms. The summed E-state index contributed by atoms with van der Waals surface area (Å²) in [6.45, 7) is 2.08. The van der Waals surface area contributed by atoms with E-state index in [0.29, 0.717) is 11.3 Å². The largest absolute Gasteiger partial charge is 0.352 e. The van der Waals surface area contributed by atoms with Crippen LogP contribution in [0.15, 0.2) is 64.2 Å². The molecule has 24 heavy (non-hydrogen) atoms. The van der Waals surface area contributed by atoms with Gasteiger partial charge in [0.05, 0.1) is 5.71 Å². The standard InChI is InChI=1S/C18H18BrN3O2/c1-13(14-7-9-16(19)10-8-14)21-22-17(23)11-12-20-18(24)15-5-3-2-4-6-15/h2-10H,11-12H2,1H3,(H,20,24)(H,22,23)/b21-13-. The number of hydrazone groups is 1. The van der Waals surface area contributed by atoms with Crippen molar-refractivity contribution in [1.82, 2.24) is 10.7 Å². The summed E-state index contributed by atoms with van der Waals surface area (Å²) in [5, 5.41) is 6.77. The molecule has 2 N–H and O–H groups in total. The molecule has 2 rings (SSSR count). The van der Waals surface area contributed by atoms with Gasteiger partial charge in [-0.25, -0.2) is 5.43 Å². The van der Waals surface area contributed by atoms with Crippen molar-refractivity contribution in [2.45, 2.75) is 13.3 Å². The summed E-state index contributed by atoms with van der Waals surface area (Å²) in [6, 6.07) is 16.5. The van der Waals surface area contributed by atoms with Gasteiger partial charge in [-0.3, -0.25) is 9.59 Å². The summed E-state index contributed by atoms with van der Waals surface area (Å²) in [7, 11) is 0. The average Bonchev–Trinajstić information content (AvgIpc) is 2.61. The zero-order valence-corrected chi connectivity index (χ0v) is 14.8. The summed E-state index contributed by atoms with van der Waals surface area (Å²) >= 11 is 3.37. The monoisotopic (exact) mass is 387 g/mol. The van der Waals surface area contributed by atoms with Crippen LogP contribution in [0.4, 0.5) is 0 Å². The first-order chi connectivity index (χ1) is 11.6. The normalized spacial score (nSPS) is 11.0. The Bertz CT molecular complexity index is 728. The van der Waals surface area contributed by atoms with Crippen LogP contribution in [-0.4, -0.2) is 24.1 Å². The highest BCUT2D eigenvalue weighted by atomic mass is 79.9. The molecule has 0 bridgehead atoms. The maximum Gasteiger partial charge on any atom is 0.251 e. The van der Waals surface area contributed by atoms with Gasteiger partial charge in [0, 0.05) is 23.0 Å². The first kappa shape index (κ1) is 17.9. The van der Waals surface area contributed by atoms with Gasteiger partial charge in [0.15, 0.2) is 0 Å². The number of rotatable bonds is 6. The molecule has 2 amide bonds. The van der Waals surface area contributed by atoms with Crippen molar-refractivity contribution in [2.75, 3.05) is 6.54 Å². The number of benzene rings is 2. The van der Waals surface area contributed by atoms with Crippen molar-refractivity contribution >= 4 is 33.5 Å². The minimum absolute atomic E-state index is 0.162. The third-order valence-corrected chi connectivity index (χ3v) is 3.81. The van der Waals surface area contributed by atoms with Crippen molar-refractivity contribution in [3.63, 3.8) is 0 Å². The maximum absolute atomic E-state index is 11.8. The van der Waals surface area contributed by atoms with Gasteiger partial charge >= 0.3 is 0 Å². The first-order valence-corrected chi connectivity index (χ1v) is 8.28. The molecule has 2 aromatic carbocycles. The van der Waals surface area contributed by atoms with E-state index in [0.717, 1.165) is 10.0 Å². The van der Waals surface area contributed by atoms with Crippen molar-refractivity contribution in [1.29, 1.82) is 0 Å². The Kier molecular flexibility index (Phi) is 6.69. The fourth-order valence-corrected chi connectivity index (χ4v) is 2.20. The number of amides is 2. The lowest BCUT2D eigenvalue weighted by Crippen LogP contribution is -2.29. The zero-order valence-electron chi connectivity index (χ0n) is 13.3. The topological polar surface area (TPSA) is 70.6 Å². The third-order valence-electron chi connectivity index (χ3n) is 3.28. The van der Waals surface area contributed by atoms with Crippen LogP contribution in [0, 0.1) is 0 Å². The summed E-state index contributed by atoms with van der Waals surface area (Å²) in [4.78, 5) is 23.6. The highest BCUT2D eigenvalue weighted by Crippen LogP contribution is 2.11. The molecule has 5 nitrogen and oxygen atoms in total. The van der Waals surface area contributed by atoms with E-state index in [1.165, 1.54) is 0 Å². The maximum atomic E-state index is 11.8. The van der Waals surface area contributed by atoms with E-state index in [9.17, 15) is 9.59 Å². The fourth-order valence-electron chi connectivity index (χ4n) is 1.94.